The lowest BCUT2D eigenvalue weighted by molar-refractivity contribution is 0.0950. The van der Waals surface area contributed by atoms with Crippen molar-refractivity contribution in [2.45, 2.75) is 6.54 Å². The number of benzene rings is 3. The van der Waals surface area contributed by atoms with E-state index in [1.807, 2.05) is 23.6 Å². The summed E-state index contributed by atoms with van der Waals surface area (Å²) < 4.78 is 18.7. The van der Waals surface area contributed by atoms with Crippen LogP contribution in [0.3, 0.4) is 0 Å². The van der Waals surface area contributed by atoms with Crippen molar-refractivity contribution >= 4 is 17.2 Å². The molecule has 0 radical (unpaired) electrons. The van der Waals surface area contributed by atoms with Gasteiger partial charge in [0.05, 0.1) is 0 Å². The summed E-state index contributed by atoms with van der Waals surface area (Å²) in [6.45, 7) is 0.425. The second-order valence-corrected chi connectivity index (χ2v) is 7.22. The fraction of sp³-hybridized carbons (Fsp3) is 0.0417. The molecule has 0 fully saturated rings. The highest BCUT2D eigenvalue weighted by Crippen LogP contribution is 2.26. The molecule has 3 nitrogen and oxygen atoms in total. The van der Waals surface area contributed by atoms with Crippen molar-refractivity contribution in [3.8, 4) is 22.6 Å². The Hall–Kier alpha value is -3.44. The minimum Gasteiger partial charge on any atom is -0.457 e. The van der Waals surface area contributed by atoms with Gasteiger partial charge in [-0.25, -0.2) is 4.39 Å². The number of carbonyl (C=O) groups is 1. The van der Waals surface area contributed by atoms with Crippen molar-refractivity contribution in [2.24, 2.45) is 0 Å². The first-order valence-electron chi connectivity index (χ1n) is 9.11. The van der Waals surface area contributed by atoms with Crippen LogP contribution in [0.1, 0.15) is 15.9 Å². The molecule has 0 saturated heterocycles. The summed E-state index contributed by atoms with van der Waals surface area (Å²) in [5, 5.41) is 7.11. The van der Waals surface area contributed by atoms with Crippen LogP contribution in [0, 0.1) is 5.82 Å². The molecule has 0 aliphatic rings. The summed E-state index contributed by atoms with van der Waals surface area (Å²) in [4.78, 5) is 12.7. The molecule has 0 spiro atoms. The van der Waals surface area contributed by atoms with Crippen LogP contribution in [0.15, 0.2) is 89.6 Å². The third-order valence-corrected chi connectivity index (χ3v) is 5.12. The number of thiophene rings is 1. The summed E-state index contributed by atoms with van der Waals surface area (Å²) >= 11 is 1.65. The summed E-state index contributed by atoms with van der Waals surface area (Å²) in [6.07, 6.45) is 0. The topological polar surface area (TPSA) is 38.3 Å². The van der Waals surface area contributed by atoms with Crippen LogP contribution in [0.5, 0.6) is 11.5 Å². The van der Waals surface area contributed by atoms with Gasteiger partial charge in [0.15, 0.2) is 0 Å². The van der Waals surface area contributed by atoms with E-state index in [-0.39, 0.29) is 11.7 Å². The Labute approximate surface area is 172 Å². The molecule has 144 valence electrons. The zero-order valence-corrected chi connectivity index (χ0v) is 16.3. The van der Waals surface area contributed by atoms with E-state index in [9.17, 15) is 9.18 Å². The number of ether oxygens (including phenoxy) is 1. The number of hydrogen-bond acceptors (Lipinski definition) is 3. The van der Waals surface area contributed by atoms with Crippen molar-refractivity contribution in [3.05, 3.63) is 107 Å². The summed E-state index contributed by atoms with van der Waals surface area (Å²) in [7, 11) is 0. The van der Waals surface area contributed by atoms with Crippen molar-refractivity contribution in [3.63, 3.8) is 0 Å². The van der Waals surface area contributed by atoms with E-state index >= 15 is 0 Å². The molecule has 0 bridgehead atoms. The van der Waals surface area contributed by atoms with Gasteiger partial charge in [0.2, 0.25) is 0 Å². The van der Waals surface area contributed by atoms with Crippen molar-refractivity contribution in [1.82, 2.24) is 5.32 Å². The number of nitrogens with one attached hydrogen (secondary N) is 1. The second kappa shape index (κ2) is 8.71. The zero-order chi connectivity index (χ0) is 20.1. The van der Waals surface area contributed by atoms with Gasteiger partial charge in [0.1, 0.15) is 17.3 Å². The SMILES string of the molecule is O=C(NCc1ccccc1-c1ccsc1)c1cccc(Oc2ccc(F)cc2)c1. The maximum atomic E-state index is 13.0. The number of hydrogen-bond donors (Lipinski definition) is 1. The Balaban J connectivity index is 1.45. The van der Waals surface area contributed by atoms with Crippen LogP contribution in [-0.2, 0) is 6.54 Å². The van der Waals surface area contributed by atoms with Gasteiger partial charge in [-0.3, -0.25) is 4.79 Å². The smallest absolute Gasteiger partial charge is 0.251 e. The molecule has 1 heterocycles. The maximum Gasteiger partial charge on any atom is 0.251 e. The number of carbonyl (C=O) groups excluding carboxylic acids is 1. The molecule has 1 N–H and O–H groups in total. The first-order chi connectivity index (χ1) is 14.2. The molecule has 5 heteroatoms. The molecule has 0 aliphatic carbocycles. The Morgan fingerprint density at radius 2 is 1.76 bits per heavy atom. The first kappa shape index (κ1) is 18.9. The fourth-order valence-corrected chi connectivity index (χ4v) is 3.65. The molecular weight excluding hydrogens is 385 g/mol. The molecule has 0 atom stereocenters. The standard InChI is InChI=1S/C24H18FNO2S/c25-20-8-10-21(11-9-20)28-22-6-3-5-17(14-22)24(27)26-15-18-4-1-2-7-23(18)19-12-13-29-16-19/h1-14,16H,15H2,(H,26,27). The van der Waals surface area contributed by atoms with Crippen LogP contribution in [0.4, 0.5) is 4.39 Å². The van der Waals surface area contributed by atoms with E-state index in [1.54, 1.807) is 47.7 Å². The van der Waals surface area contributed by atoms with Gasteiger partial charge in [0.25, 0.3) is 5.91 Å². The summed E-state index contributed by atoms with van der Waals surface area (Å²) in [5.41, 5.74) is 3.81. The second-order valence-electron chi connectivity index (χ2n) is 6.44. The van der Waals surface area contributed by atoms with E-state index in [1.165, 1.54) is 12.1 Å². The molecule has 1 amide bonds. The number of rotatable bonds is 6. The monoisotopic (exact) mass is 403 g/mol. The van der Waals surface area contributed by atoms with Gasteiger partial charge >= 0.3 is 0 Å². The quantitative estimate of drug-likeness (QED) is 0.412. The van der Waals surface area contributed by atoms with Crippen LogP contribution in [0.25, 0.3) is 11.1 Å². The largest absolute Gasteiger partial charge is 0.457 e. The Kier molecular flexibility index (Phi) is 5.68. The van der Waals surface area contributed by atoms with E-state index in [0.717, 1.165) is 16.7 Å². The fourth-order valence-electron chi connectivity index (χ4n) is 2.99. The normalized spacial score (nSPS) is 10.5. The maximum absolute atomic E-state index is 13.0. The minimum absolute atomic E-state index is 0.185. The van der Waals surface area contributed by atoms with E-state index in [0.29, 0.717) is 23.6 Å². The molecule has 3 aromatic carbocycles. The van der Waals surface area contributed by atoms with Gasteiger partial charge in [-0.2, -0.15) is 11.3 Å². The predicted molar refractivity (Wildman–Crippen MR) is 114 cm³/mol. The van der Waals surface area contributed by atoms with Crippen molar-refractivity contribution < 1.29 is 13.9 Å². The summed E-state index contributed by atoms with van der Waals surface area (Å²) in [6, 6.07) is 22.8. The average molecular weight is 403 g/mol. The van der Waals surface area contributed by atoms with Gasteiger partial charge in [-0.1, -0.05) is 30.3 Å². The molecule has 0 unspecified atom stereocenters. The lowest BCUT2D eigenvalue weighted by Crippen LogP contribution is -2.23. The Bertz CT molecular complexity index is 1110. The highest BCUT2D eigenvalue weighted by Gasteiger charge is 2.10. The highest BCUT2D eigenvalue weighted by molar-refractivity contribution is 7.08. The highest BCUT2D eigenvalue weighted by atomic mass is 32.1. The average Bonchev–Trinajstić information content (AvgIpc) is 3.29. The molecule has 29 heavy (non-hydrogen) atoms. The summed E-state index contributed by atoms with van der Waals surface area (Å²) in [5.74, 6) is 0.513. The van der Waals surface area contributed by atoms with Crippen LogP contribution in [-0.4, -0.2) is 5.91 Å². The van der Waals surface area contributed by atoms with Crippen LogP contribution in [0.2, 0.25) is 0 Å². The zero-order valence-electron chi connectivity index (χ0n) is 15.5. The molecule has 4 rings (SSSR count). The third kappa shape index (κ3) is 4.70. The van der Waals surface area contributed by atoms with Crippen LogP contribution >= 0.6 is 11.3 Å². The van der Waals surface area contributed by atoms with E-state index in [4.69, 9.17) is 4.74 Å². The van der Waals surface area contributed by atoms with Crippen molar-refractivity contribution in [2.75, 3.05) is 0 Å². The molecule has 0 saturated carbocycles. The molecule has 1 aromatic heterocycles. The Morgan fingerprint density at radius 3 is 2.55 bits per heavy atom. The van der Waals surface area contributed by atoms with Gasteiger partial charge in [-0.15, -0.1) is 0 Å². The first-order valence-corrected chi connectivity index (χ1v) is 10.1. The van der Waals surface area contributed by atoms with Crippen molar-refractivity contribution in [1.29, 1.82) is 0 Å². The van der Waals surface area contributed by atoms with Gasteiger partial charge in [-0.05, 0) is 76.0 Å². The lowest BCUT2D eigenvalue weighted by Gasteiger charge is -2.11. The third-order valence-electron chi connectivity index (χ3n) is 4.43. The molecular formula is C24H18FNO2S. The molecule has 4 aromatic rings. The van der Waals surface area contributed by atoms with Crippen LogP contribution < -0.4 is 10.1 Å². The number of amides is 1. The van der Waals surface area contributed by atoms with E-state index in [2.05, 4.69) is 22.8 Å². The Morgan fingerprint density at radius 1 is 0.931 bits per heavy atom. The predicted octanol–water partition coefficient (Wildman–Crippen LogP) is 6.28. The minimum atomic E-state index is -0.326. The number of halogens is 1. The van der Waals surface area contributed by atoms with Gasteiger partial charge in [0, 0.05) is 12.1 Å². The van der Waals surface area contributed by atoms with E-state index < -0.39 is 0 Å². The molecule has 0 aliphatic heterocycles. The van der Waals surface area contributed by atoms with Gasteiger partial charge < -0.3 is 10.1 Å². The lowest BCUT2D eigenvalue weighted by atomic mass is 10.0.